The van der Waals surface area contributed by atoms with E-state index in [1.165, 1.54) is 36.5 Å². The van der Waals surface area contributed by atoms with Crippen LogP contribution in [0, 0.1) is 5.92 Å². The molecular formula is C26H26Cl2N2O5S. The zero-order valence-corrected chi connectivity index (χ0v) is 22.6. The van der Waals surface area contributed by atoms with Crippen LogP contribution in [0.4, 0.5) is 5.13 Å². The molecule has 1 heterocycles. The van der Waals surface area contributed by atoms with E-state index in [-0.39, 0.29) is 21.2 Å². The number of aromatic nitrogens is 1. The maximum absolute atomic E-state index is 12.8. The number of carbonyl (C=O) groups excluding carboxylic acids is 1. The minimum atomic E-state index is -1.09. The van der Waals surface area contributed by atoms with E-state index in [4.69, 9.17) is 37.8 Å². The predicted octanol–water partition coefficient (Wildman–Crippen LogP) is 7.04. The van der Waals surface area contributed by atoms with Crippen LogP contribution in [0.2, 0.25) is 10.0 Å². The van der Waals surface area contributed by atoms with Crippen LogP contribution < -0.4 is 10.1 Å². The molecule has 10 heteroatoms. The molecule has 7 nitrogen and oxygen atoms in total. The van der Waals surface area contributed by atoms with Crippen LogP contribution in [-0.4, -0.2) is 35.7 Å². The molecule has 1 amide bonds. The molecule has 1 aromatic heterocycles. The number of rotatable bonds is 10. The Hall–Kier alpha value is -2.91. The highest BCUT2D eigenvalue weighted by Crippen LogP contribution is 2.35. The van der Waals surface area contributed by atoms with Gasteiger partial charge in [-0.25, -0.2) is 9.78 Å². The monoisotopic (exact) mass is 548 g/mol. The van der Waals surface area contributed by atoms with Gasteiger partial charge in [-0.3, -0.25) is 10.1 Å². The Morgan fingerprint density at radius 1 is 1.22 bits per heavy atom. The summed E-state index contributed by atoms with van der Waals surface area (Å²) in [5.74, 6) is -0.444. The number of hydrogen-bond donors (Lipinski definition) is 2. The SMILES string of the molecule is COc1c(COCC(C)C)cccc1-c1csc(NC(=O)c2cc(Cl)c(/C=C(\C)C(=O)O)c(Cl)c2)n1. The molecule has 0 saturated carbocycles. The van der Waals surface area contributed by atoms with Crippen LogP contribution in [0.3, 0.4) is 0 Å². The van der Waals surface area contributed by atoms with Gasteiger partial charge in [-0.2, -0.15) is 0 Å². The number of carboxylic acid groups (broad SMARTS) is 1. The maximum atomic E-state index is 12.8. The van der Waals surface area contributed by atoms with Gasteiger partial charge < -0.3 is 14.6 Å². The molecule has 0 aliphatic heterocycles. The molecule has 36 heavy (non-hydrogen) atoms. The summed E-state index contributed by atoms with van der Waals surface area (Å²) in [7, 11) is 1.60. The van der Waals surface area contributed by atoms with Gasteiger partial charge in [-0.15, -0.1) is 11.3 Å². The number of carboxylic acids is 1. The van der Waals surface area contributed by atoms with E-state index >= 15 is 0 Å². The summed E-state index contributed by atoms with van der Waals surface area (Å²) >= 11 is 13.8. The summed E-state index contributed by atoms with van der Waals surface area (Å²) in [6, 6.07) is 8.62. The average molecular weight is 549 g/mol. The van der Waals surface area contributed by atoms with Crippen molar-refractivity contribution in [2.24, 2.45) is 5.92 Å². The van der Waals surface area contributed by atoms with E-state index in [1.54, 1.807) is 7.11 Å². The molecule has 2 aromatic carbocycles. The van der Waals surface area contributed by atoms with Crippen molar-refractivity contribution in [1.29, 1.82) is 0 Å². The molecule has 0 fully saturated rings. The predicted molar refractivity (Wildman–Crippen MR) is 144 cm³/mol. The fourth-order valence-electron chi connectivity index (χ4n) is 3.30. The lowest BCUT2D eigenvalue weighted by Gasteiger charge is -2.13. The highest BCUT2D eigenvalue weighted by atomic mass is 35.5. The van der Waals surface area contributed by atoms with E-state index in [2.05, 4.69) is 24.1 Å². The topological polar surface area (TPSA) is 97.8 Å². The van der Waals surface area contributed by atoms with Gasteiger partial charge in [0.2, 0.25) is 0 Å². The molecule has 0 saturated heterocycles. The van der Waals surface area contributed by atoms with Crippen LogP contribution >= 0.6 is 34.5 Å². The van der Waals surface area contributed by atoms with E-state index in [0.717, 1.165) is 11.1 Å². The lowest BCUT2D eigenvalue weighted by atomic mass is 10.1. The number of thiazole rings is 1. The molecule has 0 aliphatic carbocycles. The third-order valence-electron chi connectivity index (χ3n) is 5.05. The second-order valence-electron chi connectivity index (χ2n) is 8.39. The molecule has 0 spiro atoms. The van der Waals surface area contributed by atoms with Gasteiger partial charge in [-0.1, -0.05) is 49.2 Å². The van der Waals surface area contributed by atoms with Crippen LogP contribution in [0.1, 0.15) is 42.3 Å². The third-order valence-corrected chi connectivity index (χ3v) is 6.43. The molecule has 3 aromatic rings. The number of nitrogens with one attached hydrogen (secondary N) is 1. The highest BCUT2D eigenvalue weighted by Gasteiger charge is 2.17. The molecular weight excluding hydrogens is 523 g/mol. The first-order chi connectivity index (χ1) is 17.1. The molecule has 0 atom stereocenters. The number of benzene rings is 2. The van der Waals surface area contributed by atoms with Gasteiger partial charge in [-0.05, 0) is 37.1 Å². The quantitative estimate of drug-likeness (QED) is 0.263. The number of para-hydroxylation sites is 1. The number of carbonyl (C=O) groups is 2. The summed E-state index contributed by atoms with van der Waals surface area (Å²) in [5.41, 5.74) is 2.96. The number of methoxy groups -OCH3 is 1. The number of amides is 1. The lowest BCUT2D eigenvalue weighted by molar-refractivity contribution is -0.132. The molecule has 3 rings (SSSR count). The number of hydrogen-bond acceptors (Lipinski definition) is 6. The highest BCUT2D eigenvalue weighted by molar-refractivity contribution is 7.14. The van der Waals surface area contributed by atoms with Gasteiger partial charge >= 0.3 is 5.97 Å². The van der Waals surface area contributed by atoms with Crippen molar-refractivity contribution in [2.45, 2.75) is 27.4 Å². The molecule has 0 unspecified atom stereocenters. The maximum Gasteiger partial charge on any atom is 0.331 e. The molecule has 0 bridgehead atoms. The first kappa shape index (κ1) is 27.7. The van der Waals surface area contributed by atoms with E-state index < -0.39 is 11.9 Å². The summed E-state index contributed by atoms with van der Waals surface area (Å²) in [6.07, 6.45) is 1.36. The fraction of sp³-hybridized carbons (Fsp3) is 0.269. The molecule has 0 radical (unpaired) electrons. The van der Waals surface area contributed by atoms with Crippen molar-refractivity contribution < 1.29 is 24.2 Å². The Morgan fingerprint density at radius 3 is 2.53 bits per heavy atom. The second kappa shape index (κ2) is 12.4. The third kappa shape index (κ3) is 6.85. The van der Waals surface area contributed by atoms with E-state index in [0.29, 0.717) is 41.3 Å². The van der Waals surface area contributed by atoms with Crippen molar-refractivity contribution in [3.8, 4) is 17.0 Å². The number of nitrogens with zero attached hydrogens (tertiary/aromatic N) is 1. The summed E-state index contributed by atoms with van der Waals surface area (Å²) in [5, 5.41) is 14.4. The van der Waals surface area contributed by atoms with Gasteiger partial charge in [0, 0.05) is 39.8 Å². The molecule has 2 N–H and O–H groups in total. The minimum absolute atomic E-state index is 0.0669. The number of halogens is 2. The molecule has 190 valence electrons. The van der Waals surface area contributed by atoms with Crippen molar-refractivity contribution >= 4 is 57.6 Å². The number of ether oxygens (including phenoxy) is 2. The summed E-state index contributed by atoms with van der Waals surface area (Å²) < 4.78 is 11.4. The summed E-state index contributed by atoms with van der Waals surface area (Å²) in [4.78, 5) is 28.5. The van der Waals surface area contributed by atoms with E-state index in [1.807, 2.05) is 23.6 Å². The van der Waals surface area contributed by atoms with Gasteiger partial charge in [0.15, 0.2) is 5.13 Å². The Balaban J connectivity index is 1.80. The van der Waals surface area contributed by atoms with Gasteiger partial charge in [0.05, 0.1) is 29.5 Å². The van der Waals surface area contributed by atoms with Crippen LogP contribution in [-0.2, 0) is 16.1 Å². The Morgan fingerprint density at radius 2 is 1.92 bits per heavy atom. The zero-order valence-electron chi connectivity index (χ0n) is 20.2. The van der Waals surface area contributed by atoms with Crippen LogP contribution in [0.25, 0.3) is 17.3 Å². The lowest BCUT2D eigenvalue weighted by Crippen LogP contribution is -2.12. The smallest absolute Gasteiger partial charge is 0.331 e. The Bertz CT molecular complexity index is 1280. The summed E-state index contributed by atoms with van der Waals surface area (Å²) in [6.45, 7) is 6.67. The molecule has 0 aliphatic rings. The van der Waals surface area contributed by atoms with E-state index in [9.17, 15) is 9.59 Å². The normalized spacial score (nSPS) is 11.6. The van der Waals surface area contributed by atoms with Crippen molar-refractivity contribution in [2.75, 3.05) is 19.0 Å². The second-order valence-corrected chi connectivity index (χ2v) is 10.1. The number of anilines is 1. The minimum Gasteiger partial charge on any atom is -0.496 e. The van der Waals surface area contributed by atoms with Crippen LogP contribution in [0.15, 0.2) is 41.3 Å². The Kier molecular flexibility index (Phi) is 9.50. The van der Waals surface area contributed by atoms with Crippen LogP contribution in [0.5, 0.6) is 5.75 Å². The van der Waals surface area contributed by atoms with Crippen molar-refractivity contribution in [3.63, 3.8) is 0 Å². The first-order valence-corrected chi connectivity index (χ1v) is 12.7. The van der Waals surface area contributed by atoms with Crippen molar-refractivity contribution in [3.05, 3.63) is 68.0 Å². The largest absolute Gasteiger partial charge is 0.496 e. The van der Waals surface area contributed by atoms with Crippen molar-refractivity contribution in [1.82, 2.24) is 4.98 Å². The standard InChI is InChI=1S/C26H26Cl2N2O5S/c1-14(2)11-35-12-16-6-5-7-18(23(16)34-4)22-13-36-26(29-22)30-24(31)17-9-20(27)19(21(28)10-17)8-15(3)25(32)33/h5-10,13-14H,11-12H2,1-4H3,(H,32,33)(H,29,30,31)/b15-8+. The zero-order chi connectivity index (χ0) is 26.4. The number of aliphatic carboxylic acids is 1. The fourth-order valence-corrected chi connectivity index (χ4v) is 4.60. The van der Waals surface area contributed by atoms with Gasteiger partial charge in [0.1, 0.15) is 5.75 Å². The first-order valence-electron chi connectivity index (χ1n) is 11.0. The average Bonchev–Trinajstić information content (AvgIpc) is 3.28. The van der Waals surface area contributed by atoms with Gasteiger partial charge in [0.25, 0.3) is 5.91 Å². The Labute approximate surface area is 223 Å².